The van der Waals surface area contributed by atoms with Crippen LogP contribution in [0.3, 0.4) is 0 Å². The molecule has 0 spiro atoms. The van der Waals surface area contributed by atoms with Crippen LogP contribution < -0.4 is 10.6 Å². The fourth-order valence-corrected chi connectivity index (χ4v) is 6.70. The lowest BCUT2D eigenvalue weighted by molar-refractivity contribution is -0.0893. The second-order valence-electron chi connectivity index (χ2n) is 11.7. The number of hydrogen-bond donors (Lipinski definition) is 3. The Morgan fingerprint density at radius 2 is 2.09 bits per heavy atom. The molecule has 1 saturated carbocycles. The molecule has 43 heavy (non-hydrogen) atoms. The van der Waals surface area contributed by atoms with E-state index in [0.29, 0.717) is 31.7 Å². The Morgan fingerprint density at radius 3 is 2.91 bits per heavy atom. The predicted molar refractivity (Wildman–Crippen MR) is 166 cm³/mol. The molecule has 3 N–H and O–H groups in total. The molecule has 10 heteroatoms. The van der Waals surface area contributed by atoms with Gasteiger partial charge in [0.05, 0.1) is 24.7 Å². The molecule has 1 aliphatic heterocycles. The van der Waals surface area contributed by atoms with Gasteiger partial charge in [0.25, 0.3) is 5.91 Å². The first kappa shape index (κ1) is 29.3. The van der Waals surface area contributed by atoms with Crippen LogP contribution in [0, 0.1) is 0 Å². The number of aliphatic hydroxyl groups is 1. The molecule has 3 atom stereocenters. The maximum atomic E-state index is 14.3. The highest BCUT2D eigenvalue weighted by Gasteiger charge is 2.42. The number of carbonyl (C=O) groups excluding carboxylic acids is 1. The van der Waals surface area contributed by atoms with E-state index in [-0.39, 0.29) is 24.6 Å². The molecule has 0 bridgehead atoms. The number of fused-ring (bicyclic) bond motifs is 1. The fourth-order valence-electron chi connectivity index (χ4n) is 6.70. The number of piperazine rings is 1. The smallest absolute Gasteiger partial charge is 0.275 e. The number of anilines is 1. The molecule has 2 aromatic heterocycles. The van der Waals surface area contributed by atoms with E-state index in [1.807, 2.05) is 64.9 Å². The molecule has 2 fully saturated rings. The molecule has 0 unspecified atom stereocenters. The van der Waals surface area contributed by atoms with Gasteiger partial charge in [-0.05, 0) is 37.5 Å². The van der Waals surface area contributed by atoms with Crippen LogP contribution in [-0.2, 0) is 11.2 Å². The van der Waals surface area contributed by atoms with Crippen molar-refractivity contribution in [1.29, 1.82) is 0 Å². The second-order valence-corrected chi connectivity index (χ2v) is 11.7. The van der Waals surface area contributed by atoms with Crippen molar-refractivity contribution in [3.05, 3.63) is 66.4 Å². The molecular formula is C33H42N6O4. The number of nitrogens with one attached hydrogen (secondary N) is 2. The van der Waals surface area contributed by atoms with Gasteiger partial charge in [-0.15, -0.1) is 0 Å². The molecule has 228 valence electrons. The van der Waals surface area contributed by atoms with Crippen molar-refractivity contribution in [2.45, 2.75) is 63.1 Å². The summed E-state index contributed by atoms with van der Waals surface area (Å²) in [5.41, 5.74) is 3.70. The summed E-state index contributed by atoms with van der Waals surface area (Å²) in [4.78, 5) is 25.5. The molecule has 1 aliphatic carbocycles. The molecule has 3 heterocycles. The standard InChI is InChI=1S/C33H42N6O4/c1-3-29-37-26-19-24(12-13-27(26)43-29)35-16-14-25-20-34-17-18-38(25)32(40)30-31(23-9-5-4-6-10-23)39(22-36-30)28-11-7-8-15-33(28,41)21-42-2/h4-6,9-10,12-13,19,22,25,28,34-35,41H,3,7-8,11,14-18,20-21H2,1-2H3/t25-,28-,33-/m1/s1. The summed E-state index contributed by atoms with van der Waals surface area (Å²) >= 11 is 0. The van der Waals surface area contributed by atoms with Gasteiger partial charge in [-0.25, -0.2) is 9.97 Å². The lowest BCUT2D eigenvalue weighted by Gasteiger charge is -2.41. The van der Waals surface area contributed by atoms with Gasteiger partial charge in [-0.3, -0.25) is 4.79 Å². The van der Waals surface area contributed by atoms with E-state index in [0.717, 1.165) is 72.6 Å². The van der Waals surface area contributed by atoms with Crippen molar-refractivity contribution < 1.29 is 19.1 Å². The number of amides is 1. The summed E-state index contributed by atoms with van der Waals surface area (Å²) in [7, 11) is 1.62. The highest BCUT2D eigenvalue weighted by atomic mass is 16.5. The number of carbonyl (C=O) groups is 1. The maximum absolute atomic E-state index is 14.3. The zero-order valence-corrected chi connectivity index (χ0v) is 25.1. The minimum absolute atomic E-state index is 0.00473. The normalized spacial score (nSPS) is 22.6. The summed E-state index contributed by atoms with van der Waals surface area (Å²) in [6.45, 7) is 5.02. The van der Waals surface area contributed by atoms with Crippen molar-refractivity contribution in [3.63, 3.8) is 0 Å². The van der Waals surface area contributed by atoms with Gasteiger partial charge >= 0.3 is 0 Å². The number of nitrogens with zero attached hydrogens (tertiary/aromatic N) is 4. The van der Waals surface area contributed by atoms with E-state index < -0.39 is 5.60 Å². The van der Waals surface area contributed by atoms with Gasteiger partial charge < -0.3 is 34.4 Å². The number of hydrogen-bond acceptors (Lipinski definition) is 8. The number of methoxy groups -OCH3 is 1. The van der Waals surface area contributed by atoms with Crippen molar-refractivity contribution in [2.24, 2.45) is 0 Å². The minimum Gasteiger partial charge on any atom is -0.441 e. The first-order valence-corrected chi connectivity index (χ1v) is 15.5. The molecule has 0 radical (unpaired) electrons. The molecule has 6 rings (SSSR count). The Kier molecular flexibility index (Phi) is 8.78. The highest BCUT2D eigenvalue weighted by molar-refractivity contribution is 5.98. The van der Waals surface area contributed by atoms with Crippen molar-refractivity contribution in [1.82, 2.24) is 24.8 Å². The zero-order valence-electron chi connectivity index (χ0n) is 25.1. The monoisotopic (exact) mass is 586 g/mol. The van der Waals surface area contributed by atoms with Gasteiger partial charge in [0.15, 0.2) is 17.2 Å². The van der Waals surface area contributed by atoms with Crippen LogP contribution in [0.1, 0.15) is 61.4 Å². The second kappa shape index (κ2) is 12.9. The van der Waals surface area contributed by atoms with Crippen LogP contribution in [0.5, 0.6) is 0 Å². The Balaban J connectivity index is 1.23. The summed E-state index contributed by atoms with van der Waals surface area (Å²) < 4.78 is 13.2. The lowest BCUT2D eigenvalue weighted by Crippen LogP contribution is -2.54. The number of aromatic nitrogens is 3. The summed E-state index contributed by atoms with van der Waals surface area (Å²) in [5.74, 6) is 0.657. The van der Waals surface area contributed by atoms with Crippen LogP contribution in [0.4, 0.5) is 5.69 Å². The molecule has 2 aromatic carbocycles. The summed E-state index contributed by atoms with van der Waals surface area (Å²) in [6.07, 6.45) is 6.67. The van der Waals surface area contributed by atoms with Crippen LogP contribution in [0.25, 0.3) is 22.4 Å². The molecule has 10 nitrogen and oxygen atoms in total. The molecule has 2 aliphatic rings. The number of oxazole rings is 1. The Morgan fingerprint density at radius 1 is 1.23 bits per heavy atom. The van der Waals surface area contributed by atoms with E-state index in [4.69, 9.17) is 14.1 Å². The van der Waals surface area contributed by atoms with E-state index >= 15 is 0 Å². The number of rotatable bonds is 10. The first-order chi connectivity index (χ1) is 21.0. The van der Waals surface area contributed by atoms with Crippen molar-refractivity contribution >= 4 is 22.7 Å². The van der Waals surface area contributed by atoms with Gasteiger partial charge in [-0.2, -0.15) is 0 Å². The number of imidazole rings is 1. The first-order valence-electron chi connectivity index (χ1n) is 15.5. The Labute approximate surface area is 252 Å². The fraction of sp³-hybridized carbons (Fsp3) is 0.485. The van der Waals surface area contributed by atoms with E-state index in [1.165, 1.54) is 0 Å². The molecule has 1 amide bonds. The van der Waals surface area contributed by atoms with Crippen LogP contribution in [0.15, 0.2) is 59.3 Å². The van der Waals surface area contributed by atoms with E-state index in [1.54, 1.807) is 13.4 Å². The van der Waals surface area contributed by atoms with Gasteiger partial charge in [0, 0.05) is 57.0 Å². The number of ether oxygens (including phenoxy) is 1. The summed E-state index contributed by atoms with van der Waals surface area (Å²) in [6, 6.07) is 15.7. The van der Waals surface area contributed by atoms with Crippen LogP contribution >= 0.6 is 0 Å². The van der Waals surface area contributed by atoms with E-state index in [2.05, 4.69) is 15.6 Å². The van der Waals surface area contributed by atoms with Crippen LogP contribution in [-0.4, -0.2) is 82.0 Å². The third kappa shape index (κ3) is 6.04. The van der Waals surface area contributed by atoms with Crippen LogP contribution in [0.2, 0.25) is 0 Å². The van der Waals surface area contributed by atoms with E-state index in [9.17, 15) is 9.90 Å². The van der Waals surface area contributed by atoms with Crippen molar-refractivity contribution in [3.8, 4) is 11.3 Å². The number of aryl methyl sites for hydroxylation is 1. The average Bonchev–Trinajstić information content (AvgIpc) is 3.66. The largest absolute Gasteiger partial charge is 0.441 e. The third-order valence-electron chi connectivity index (χ3n) is 8.88. The topological polar surface area (TPSA) is 118 Å². The zero-order chi connectivity index (χ0) is 29.8. The van der Waals surface area contributed by atoms with Crippen molar-refractivity contribution in [2.75, 3.05) is 45.2 Å². The van der Waals surface area contributed by atoms with Gasteiger partial charge in [-0.1, -0.05) is 50.1 Å². The lowest BCUT2D eigenvalue weighted by atomic mass is 9.80. The maximum Gasteiger partial charge on any atom is 0.275 e. The quantitative estimate of drug-likeness (QED) is 0.246. The molecule has 1 saturated heterocycles. The van der Waals surface area contributed by atoms with Gasteiger partial charge in [0.1, 0.15) is 11.1 Å². The predicted octanol–water partition coefficient (Wildman–Crippen LogP) is 4.66. The van der Waals surface area contributed by atoms with Gasteiger partial charge in [0.2, 0.25) is 0 Å². The molecular weight excluding hydrogens is 544 g/mol. The highest BCUT2D eigenvalue weighted by Crippen LogP contribution is 2.41. The third-order valence-corrected chi connectivity index (χ3v) is 8.88. The average molecular weight is 587 g/mol. The Hall–Kier alpha value is -3.73. The SMILES string of the molecule is CCc1nc2cc(NCC[C@@H]3CNCCN3C(=O)c3ncn([C@@H]4CCCC[C@@]4(O)COC)c3-c3ccccc3)ccc2o1. The number of benzene rings is 2. The minimum atomic E-state index is -1.02. The molecule has 4 aromatic rings. The summed E-state index contributed by atoms with van der Waals surface area (Å²) in [5, 5.41) is 18.6. The Bertz CT molecular complexity index is 1530.